The standard InChI is InChI=1S/C20H24N2O5S2/c1-28-17-6-3-5-15(13-17)21-20(23)7-4-10-22(29(2,24)25)16-8-9-18-19(14-16)27-12-11-26-18/h3,5-6,8-9,13-14H,4,7,10-12H2,1-2H3,(H,21,23). The molecule has 29 heavy (non-hydrogen) atoms. The Labute approximate surface area is 175 Å². The molecule has 1 aliphatic heterocycles. The number of nitrogens with one attached hydrogen (secondary N) is 1. The Morgan fingerprint density at radius 3 is 2.62 bits per heavy atom. The highest BCUT2D eigenvalue weighted by atomic mass is 32.2. The van der Waals surface area contributed by atoms with Gasteiger partial charge in [-0.1, -0.05) is 6.07 Å². The van der Waals surface area contributed by atoms with Gasteiger partial charge in [-0.25, -0.2) is 8.42 Å². The Bertz CT molecular complexity index is 979. The molecule has 0 radical (unpaired) electrons. The molecule has 1 amide bonds. The van der Waals surface area contributed by atoms with Gasteiger partial charge < -0.3 is 14.8 Å². The molecule has 0 saturated heterocycles. The second-order valence-electron chi connectivity index (χ2n) is 6.55. The van der Waals surface area contributed by atoms with Crippen molar-refractivity contribution in [1.29, 1.82) is 0 Å². The van der Waals surface area contributed by atoms with Gasteiger partial charge >= 0.3 is 0 Å². The van der Waals surface area contributed by atoms with Crippen molar-refractivity contribution in [1.82, 2.24) is 0 Å². The van der Waals surface area contributed by atoms with Crippen molar-refractivity contribution in [3.8, 4) is 11.5 Å². The number of hydrogen-bond donors (Lipinski definition) is 1. The smallest absolute Gasteiger partial charge is 0.232 e. The van der Waals surface area contributed by atoms with Crippen LogP contribution in [0.5, 0.6) is 11.5 Å². The highest BCUT2D eigenvalue weighted by Gasteiger charge is 2.21. The van der Waals surface area contributed by atoms with Crippen molar-refractivity contribution in [2.45, 2.75) is 17.7 Å². The maximum absolute atomic E-state index is 12.3. The normalized spacial score (nSPS) is 13.0. The summed E-state index contributed by atoms with van der Waals surface area (Å²) in [5, 5.41) is 2.85. The predicted octanol–water partition coefficient (Wildman–Crippen LogP) is 3.36. The van der Waals surface area contributed by atoms with Crippen LogP contribution >= 0.6 is 11.8 Å². The van der Waals surface area contributed by atoms with Gasteiger partial charge in [0.15, 0.2) is 11.5 Å². The highest BCUT2D eigenvalue weighted by Crippen LogP contribution is 2.34. The number of nitrogens with zero attached hydrogens (tertiary/aromatic N) is 1. The minimum Gasteiger partial charge on any atom is -0.486 e. The fraction of sp³-hybridized carbons (Fsp3) is 0.350. The van der Waals surface area contributed by atoms with E-state index in [4.69, 9.17) is 9.47 Å². The lowest BCUT2D eigenvalue weighted by atomic mass is 10.2. The van der Waals surface area contributed by atoms with E-state index in [2.05, 4.69) is 5.32 Å². The van der Waals surface area contributed by atoms with E-state index >= 15 is 0 Å². The Morgan fingerprint density at radius 1 is 1.14 bits per heavy atom. The average molecular weight is 437 g/mol. The summed E-state index contributed by atoms with van der Waals surface area (Å²) in [4.78, 5) is 13.3. The molecule has 156 valence electrons. The number of anilines is 2. The number of thioether (sulfide) groups is 1. The molecule has 7 nitrogen and oxygen atoms in total. The first-order chi connectivity index (χ1) is 13.9. The Morgan fingerprint density at radius 2 is 1.90 bits per heavy atom. The number of carbonyl (C=O) groups excluding carboxylic acids is 1. The maximum atomic E-state index is 12.3. The molecule has 1 aliphatic rings. The number of benzene rings is 2. The summed E-state index contributed by atoms with van der Waals surface area (Å²) < 4.78 is 36.9. The molecule has 0 unspecified atom stereocenters. The van der Waals surface area contributed by atoms with Gasteiger partial charge in [0, 0.05) is 29.6 Å². The SMILES string of the molecule is CSc1cccc(NC(=O)CCCN(c2ccc3c(c2)OCCO3)S(C)(=O)=O)c1. The van der Waals surface area contributed by atoms with Crippen LogP contribution in [-0.4, -0.2) is 46.6 Å². The number of hydrogen-bond acceptors (Lipinski definition) is 6. The van der Waals surface area contributed by atoms with Crippen molar-refractivity contribution in [2.75, 3.05) is 41.9 Å². The molecule has 0 atom stereocenters. The summed E-state index contributed by atoms with van der Waals surface area (Å²) in [5.41, 5.74) is 1.22. The summed E-state index contributed by atoms with van der Waals surface area (Å²) >= 11 is 1.60. The van der Waals surface area contributed by atoms with Crippen LogP contribution in [0.3, 0.4) is 0 Å². The highest BCUT2D eigenvalue weighted by molar-refractivity contribution is 7.98. The molecular weight excluding hydrogens is 412 g/mol. The molecule has 3 rings (SSSR count). The fourth-order valence-electron chi connectivity index (χ4n) is 2.98. The van der Waals surface area contributed by atoms with Gasteiger partial charge in [-0.2, -0.15) is 0 Å². The topological polar surface area (TPSA) is 84.9 Å². The van der Waals surface area contributed by atoms with Gasteiger partial charge in [-0.15, -0.1) is 11.8 Å². The summed E-state index contributed by atoms with van der Waals surface area (Å²) in [6, 6.07) is 12.6. The summed E-state index contributed by atoms with van der Waals surface area (Å²) in [7, 11) is -3.51. The zero-order chi connectivity index (χ0) is 20.9. The van der Waals surface area contributed by atoms with Gasteiger partial charge in [0.1, 0.15) is 13.2 Å². The van der Waals surface area contributed by atoms with Gasteiger partial charge in [0.05, 0.1) is 11.9 Å². The van der Waals surface area contributed by atoms with Crippen molar-refractivity contribution in [3.63, 3.8) is 0 Å². The largest absolute Gasteiger partial charge is 0.486 e. The van der Waals surface area contributed by atoms with E-state index < -0.39 is 10.0 Å². The number of fused-ring (bicyclic) bond motifs is 1. The number of sulfonamides is 1. The summed E-state index contributed by atoms with van der Waals surface area (Å²) in [6.45, 7) is 1.08. The van der Waals surface area contributed by atoms with Crippen molar-refractivity contribution >= 4 is 39.1 Å². The predicted molar refractivity (Wildman–Crippen MR) is 116 cm³/mol. The van der Waals surface area contributed by atoms with Crippen molar-refractivity contribution in [3.05, 3.63) is 42.5 Å². The van der Waals surface area contributed by atoms with Crippen LogP contribution in [0.15, 0.2) is 47.4 Å². The zero-order valence-electron chi connectivity index (χ0n) is 16.4. The first-order valence-corrected chi connectivity index (χ1v) is 12.3. The van der Waals surface area contributed by atoms with Crippen LogP contribution in [0, 0.1) is 0 Å². The Kier molecular flexibility index (Phi) is 6.92. The van der Waals surface area contributed by atoms with Gasteiger partial charge in [0.2, 0.25) is 15.9 Å². The van der Waals surface area contributed by atoms with Crippen LogP contribution in [0.2, 0.25) is 0 Å². The third-order valence-electron chi connectivity index (χ3n) is 4.33. The van der Waals surface area contributed by atoms with Crippen LogP contribution in [-0.2, 0) is 14.8 Å². The Balaban J connectivity index is 1.62. The lowest BCUT2D eigenvalue weighted by Gasteiger charge is -2.25. The first kappa shape index (κ1) is 21.3. The minimum absolute atomic E-state index is 0.154. The molecule has 0 fully saturated rings. The minimum atomic E-state index is -3.51. The van der Waals surface area contributed by atoms with E-state index in [9.17, 15) is 13.2 Å². The fourth-order valence-corrected chi connectivity index (χ4v) is 4.40. The number of amides is 1. The van der Waals surface area contributed by atoms with Crippen LogP contribution in [0.25, 0.3) is 0 Å². The molecule has 0 bridgehead atoms. The van der Waals surface area contributed by atoms with E-state index in [-0.39, 0.29) is 18.9 Å². The molecule has 9 heteroatoms. The van der Waals surface area contributed by atoms with Crippen LogP contribution < -0.4 is 19.1 Å². The lowest BCUT2D eigenvalue weighted by Crippen LogP contribution is -2.31. The van der Waals surface area contributed by atoms with E-state index in [1.807, 2.05) is 30.5 Å². The number of carbonyl (C=O) groups is 1. The molecule has 2 aromatic rings. The molecular formula is C20H24N2O5S2. The van der Waals surface area contributed by atoms with E-state index in [0.29, 0.717) is 36.8 Å². The second kappa shape index (κ2) is 9.41. The maximum Gasteiger partial charge on any atom is 0.232 e. The third-order valence-corrected chi connectivity index (χ3v) is 6.25. The van der Waals surface area contributed by atoms with Crippen LogP contribution in [0.1, 0.15) is 12.8 Å². The quantitative estimate of drug-likeness (QED) is 0.639. The third kappa shape index (κ3) is 5.80. The molecule has 0 aromatic heterocycles. The molecule has 0 aliphatic carbocycles. The van der Waals surface area contributed by atoms with Gasteiger partial charge in [-0.3, -0.25) is 9.10 Å². The van der Waals surface area contributed by atoms with Crippen LogP contribution in [0.4, 0.5) is 11.4 Å². The van der Waals surface area contributed by atoms with Crippen molar-refractivity contribution in [2.24, 2.45) is 0 Å². The Hall–Kier alpha value is -2.39. The van der Waals surface area contributed by atoms with E-state index in [1.165, 1.54) is 4.31 Å². The average Bonchev–Trinajstić information content (AvgIpc) is 2.70. The monoisotopic (exact) mass is 436 g/mol. The number of rotatable bonds is 8. The molecule has 0 saturated carbocycles. The summed E-state index contributed by atoms with van der Waals surface area (Å²) in [5.74, 6) is 0.966. The molecule has 0 spiro atoms. The van der Waals surface area contributed by atoms with E-state index in [0.717, 1.165) is 16.8 Å². The molecule has 1 heterocycles. The second-order valence-corrected chi connectivity index (χ2v) is 9.33. The lowest BCUT2D eigenvalue weighted by molar-refractivity contribution is -0.116. The zero-order valence-corrected chi connectivity index (χ0v) is 18.0. The van der Waals surface area contributed by atoms with E-state index in [1.54, 1.807) is 30.0 Å². The first-order valence-electron chi connectivity index (χ1n) is 9.18. The van der Waals surface area contributed by atoms with Crippen molar-refractivity contribution < 1.29 is 22.7 Å². The number of ether oxygens (including phenoxy) is 2. The summed E-state index contributed by atoms with van der Waals surface area (Å²) in [6.07, 6.45) is 3.71. The molecule has 2 aromatic carbocycles. The van der Waals surface area contributed by atoms with Gasteiger partial charge in [0.25, 0.3) is 0 Å². The molecule has 1 N–H and O–H groups in total. The van der Waals surface area contributed by atoms with Gasteiger partial charge in [-0.05, 0) is 43.0 Å².